The van der Waals surface area contributed by atoms with Gasteiger partial charge in [0.05, 0.1) is 24.1 Å². The highest BCUT2D eigenvalue weighted by Gasteiger charge is 2.37. The molecule has 4 rings (SSSR count). The first-order valence-electron chi connectivity index (χ1n) is 12.4. The van der Waals surface area contributed by atoms with Crippen LogP contribution in [-0.4, -0.2) is 53.5 Å². The van der Waals surface area contributed by atoms with Crippen LogP contribution in [0.2, 0.25) is 5.02 Å². The highest BCUT2D eigenvalue weighted by molar-refractivity contribution is 7.99. The molecule has 1 aliphatic rings. The molecule has 37 heavy (non-hydrogen) atoms. The third-order valence-corrected chi connectivity index (χ3v) is 8.54. The third kappa shape index (κ3) is 7.12. The minimum atomic E-state index is -1.35. The lowest BCUT2D eigenvalue weighted by Gasteiger charge is -2.41. The number of hydrogen-bond donors (Lipinski definition) is 1. The van der Waals surface area contributed by atoms with Gasteiger partial charge in [0.25, 0.3) is 0 Å². The number of benzene rings is 2. The van der Waals surface area contributed by atoms with Crippen molar-refractivity contribution >= 4 is 40.2 Å². The standard InChI is InChI=1S/C28H31ClF2N2O3S/c1-36-20-4-7-25-22(16-20)27(23(29)18-32-25)24(31)8-9-28(17-26(34)35)10-12-33(13-11-28)14-15-37-21-5-2-19(30)3-6-21/h2-7,16,18,24H,8-15,17H2,1H3,(H,34,35)/t24-/m0/s1. The van der Waals surface area contributed by atoms with E-state index in [0.717, 1.165) is 30.3 Å². The molecule has 3 aromatic rings. The van der Waals surface area contributed by atoms with Crippen LogP contribution in [0, 0.1) is 11.2 Å². The van der Waals surface area contributed by atoms with Crippen molar-refractivity contribution in [3.05, 3.63) is 65.1 Å². The van der Waals surface area contributed by atoms with E-state index in [1.807, 2.05) is 0 Å². The summed E-state index contributed by atoms with van der Waals surface area (Å²) in [5.74, 6) is 0.358. The molecule has 0 amide bonds. The highest BCUT2D eigenvalue weighted by atomic mass is 35.5. The van der Waals surface area contributed by atoms with E-state index in [-0.39, 0.29) is 23.7 Å². The number of pyridine rings is 1. The van der Waals surface area contributed by atoms with Gasteiger partial charge in [-0.2, -0.15) is 0 Å². The van der Waals surface area contributed by atoms with E-state index in [4.69, 9.17) is 16.3 Å². The summed E-state index contributed by atoms with van der Waals surface area (Å²) in [6, 6.07) is 11.8. The average molecular weight is 549 g/mol. The molecular weight excluding hydrogens is 518 g/mol. The van der Waals surface area contributed by atoms with Gasteiger partial charge < -0.3 is 14.7 Å². The maximum atomic E-state index is 15.7. The predicted molar refractivity (Wildman–Crippen MR) is 144 cm³/mol. The van der Waals surface area contributed by atoms with Crippen molar-refractivity contribution in [2.24, 2.45) is 5.41 Å². The van der Waals surface area contributed by atoms with Gasteiger partial charge in [-0.05, 0) is 86.7 Å². The van der Waals surface area contributed by atoms with Crippen LogP contribution >= 0.6 is 23.4 Å². The normalized spacial score (nSPS) is 16.5. The Kier molecular flexibility index (Phi) is 9.27. The van der Waals surface area contributed by atoms with Gasteiger partial charge in [0.1, 0.15) is 17.7 Å². The number of methoxy groups -OCH3 is 1. The molecule has 1 N–H and O–H groups in total. The number of thioether (sulfide) groups is 1. The fourth-order valence-corrected chi connectivity index (χ4v) is 6.28. The molecule has 5 nitrogen and oxygen atoms in total. The Balaban J connectivity index is 1.38. The van der Waals surface area contributed by atoms with Crippen molar-refractivity contribution in [3.8, 4) is 5.75 Å². The zero-order chi connectivity index (χ0) is 26.4. The van der Waals surface area contributed by atoms with E-state index in [0.29, 0.717) is 41.5 Å². The predicted octanol–water partition coefficient (Wildman–Crippen LogP) is 7.18. The van der Waals surface area contributed by atoms with E-state index >= 15 is 4.39 Å². The summed E-state index contributed by atoms with van der Waals surface area (Å²) in [7, 11) is 1.55. The minimum Gasteiger partial charge on any atom is -0.497 e. The molecule has 0 spiro atoms. The number of hydrogen-bond acceptors (Lipinski definition) is 5. The first kappa shape index (κ1) is 27.6. The quantitative estimate of drug-likeness (QED) is 0.256. The highest BCUT2D eigenvalue weighted by Crippen LogP contribution is 2.44. The molecule has 2 aromatic carbocycles. The molecule has 1 aliphatic heterocycles. The van der Waals surface area contributed by atoms with Crippen molar-refractivity contribution in [1.29, 1.82) is 0 Å². The fraction of sp³-hybridized carbons (Fsp3) is 0.429. The Morgan fingerprint density at radius 1 is 1.24 bits per heavy atom. The second kappa shape index (κ2) is 12.4. The summed E-state index contributed by atoms with van der Waals surface area (Å²) in [6.07, 6.45) is 2.19. The van der Waals surface area contributed by atoms with Crippen LogP contribution in [0.5, 0.6) is 5.75 Å². The topological polar surface area (TPSA) is 62.7 Å². The van der Waals surface area contributed by atoms with Crippen molar-refractivity contribution in [2.45, 2.75) is 43.2 Å². The summed E-state index contributed by atoms with van der Waals surface area (Å²) in [5.41, 5.74) is 0.560. The van der Waals surface area contributed by atoms with E-state index in [2.05, 4.69) is 9.88 Å². The molecule has 1 aromatic heterocycles. The Morgan fingerprint density at radius 3 is 2.65 bits per heavy atom. The molecule has 9 heteroatoms. The second-order valence-electron chi connectivity index (χ2n) is 9.62. The van der Waals surface area contributed by atoms with Crippen molar-refractivity contribution in [1.82, 2.24) is 9.88 Å². The van der Waals surface area contributed by atoms with Gasteiger partial charge in [0.2, 0.25) is 0 Å². The first-order valence-corrected chi connectivity index (χ1v) is 13.7. The lowest BCUT2D eigenvalue weighted by Crippen LogP contribution is -2.42. The second-order valence-corrected chi connectivity index (χ2v) is 11.2. The maximum absolute atomic E-state index is 15.7. The molecule has 2 heterocycles. The van der Waals surface area contributed by atoms with Gasteiger partial charge >= 0.3 is 5.97 Å². The number of carboxylic acid groups (broad SMARTS) is 1. The number of ether oxygens (including phenoxy) is 1. The first-order chi connectivity index (χ1) is 17.8. The monoisotopic (exact) mass is 548 g/mol. The summed E-state index contributed by atoms with van der Waals surface area (Å²) in [6.45, 7) is 2.39. The van der Waals surface area contributed by atoms with Gasteiger partial charge in [-0.25, -0.2) is 8.78 Å². The molecule has 0 radical (unpaired) electrons. The van der Waals surface area contributed by atoms with Crippen LogP contribution in [0.15, 0.2) is 53.6 Å². The van der Waals surface area contributed by atoms with Crippen LogP contribution in [0.25, 0.3) is 10.9 Å². The van der Waals surface area contributed by atoms with Gasteiger partial charge in [-0.3, -0.25) is 9.78 Å². The Bertz CT molecular complexity index is 1220. The van der Waals surface area contributed by atoms with Gasteiger partial charge in [-0.1, -0.05) is 11.6 Å². The van der Waals surface area contributed by atoms with Crippen molar-refractivity contribution < 1.29 is 23.4 Å². The summed E-state index contributed by atoms with van der Waals surface area (Å²) in [4.78, 5) is 19.4. The van der Waals surface area contributed by atoms with Gasteiger partial charge in [0.15, 0.2) is 0 Å². The lowest BCUT2D eigenvalue weighted by atomic mass is 9.71. The Labute approximate surface area is 225 Å². The molecule has 0 aliphatic carbocycles. The zero-order valence-corrected chi connectivity index (χ0v) is 22.3. The average Bonchev–Trinajstić information content (AvgIpc) is 2.89. The molecule has 198 valence electrons. The number of nitrogens with zero attached hydrogens (tertiary/aromatic N) is 2. The van der Waals surface area contributed by atoms with Crippen LogP contribution in [0.1, 0.15) is 43.8 Å². The molecule has 0 bridgehead atoms. The summed E-state index contributed by atoms with van der Waals surface area (Å²) >= 11 is 8.06. The third-order valence-electron chi connectivity index (χ3n) is 7.24. The number of rotatable bonds is 11. The molecule has 1 saturated heterocycles. The largest absolute Gasteiger partial charge is 0.497 e. The Morgan fingerprint density at radius 2 is 1.97 bits per heavy atom. The summed E-state index contributed by atoms with van der Waals surface area (Å²) in [5, 5.41) is 10.5. The number of halogens is 3. The molecule has 1 atom stereocenters. The van der Waals surface area contributed by atoms with E-state index in [1.165, 1.54) is 18.3 Å². The maximum Gasteiger partial charge on any atom is 0.303 e. The van der Waals surface area contributed by atoms with Crippen LogP contribution in [0.3, 0.4) is 0 Å². The Hall–Kier alpha value is -2.42. The van der Waals surface area contributed by atoms with E-state index in [9.17, 15) is 14.3 Å². The number of fused-ring (bicyclic) bond motifs is 1. The number of aromatic nitrogens is 1. The number of aliphatic carboxylic acids is 1. The minimum absolute atomic E-state index is 0.0243. The molecule has 1 fully saturated rings. The lowest BCUT2D eigenvalue weighted by molar-refractivity contribution is -0.141. The fourth-order valence-electron chi connectivity index (χ4n) is 5.10. The van der Waals surface area contributed by atoms with Crippen LogP contribution in [0.4, 0.5) is 8.78 Å². The molecule has 0 saturated carbocycles. The smallest absolute Gasteiger partial charge is 0.303 e. The van der Waals surface area contributed by atoms with Crippen molar-refractivity contribution in [3.63, 3.8) is 0 Å². The van der Waals surface area contributed by atoms with E-state index < -0.39 is 17.6 Å². The number of carbonyl (C=O) groups is 1. The number of piperidine rings is 1. The molecule has 0 unspecified atom stereocenters. The summed E-state index contributed by atoms with van der Waals surface area (Å²) < 4.78 is 34.1. The number of alkyl halides is 1. The van der Waals surface area contributed by atoms with Gasteiger partial charge in [-0.15, -0.1) is 11.8 Å². The molecular formula is C28H31ClF2N2O3S. The zero-order valence-electron chi connectivity index (χ0n) is 20.8. The van der Waals surface area contributed by atoms with Crippen LogP contribution < -0.4 is 4.74 Å². The van der Waals surface area contributed by atoms with Crippen molar-refractivity contribution in [2.75, 3.05) is 32.5 Å². The van der Waals surface area contributed by atoms with Crippen LogP contribution in [-0.2, 0) is 4.79 Å². The number of likely N-dealkylation sites (tertiary alicyclic amines) is 1. The van der Waals surface area contributed by atoms with Gasteiger partial charge in [0, 0.05) is 34.3 Å². The number of carboxylic acids is 1. The van der Waals surface area contributed by atoms with E-state index in [1.54, 1.807) is 49.2 Å². The SMILES string of the molecule is COc1ccc2ncc(Cl)c([C@@H](F)CCC3(CC(=O)O)CCN(CCSc4ccc(F)cc4)CC3)c2c1.